The standard InChI is InChI=1S/C25H23N3O6/c1-15(29)26-17-8-6-16(7-9-17)22-23(27-18-10-11-20(32-2)21(13-18)33-3)25(31)28(24(22)30)14-19-5-4-12-34-19/h4-13,27H,14H2,1-3H3,(H,26,29). The largest absolute Gasteiger partial charge is 0.493 e. The van der Waals surface area contributed by atoms with E-state index in [4.69, 9.17) is 13.9 Å². The maximum absolute atomic E-state index is 13.4. The van der Waals surface area contributed by atoms with Gasteiger partial charge in [-0.1, -0.05) is 12.1 Å². The van der Waals surface area contributed by atoms with E-state index >= 15 is 0 Å². The number of carbonyl (C=O) groups is 3. The van der Waals surface area contributed by atoms with Gasteiger partial charge in [0.1, 0.15) is 11.5 Å². The van der Waals surface area contributed by atoms with Crippen molar-refractivity contribution in [1.29, 1.82) is 0 Å². The van der Waals surface area contributed by atoms with Crippen LogP contribution in [-0.2, 0) is 20.9 Å². The van der Waals surface area contributed by atoms with E-state index in [9.17, 15) is 14.4 Å². The van der Waals surface area contributed by atoms with Crippen molar-refractivity contribution in [3.05, 3.63) is 77.9 Å². The highest BCUT2D eigenvalue weighted by Crippen LogP contribution is 2.35. The monoisotopic (exact) mass is 461 g/mol. The number of furan rings is 1. The minimum absolute atomic E-state index is 0.00471. The fourth-order valence-electron chi connectivity index (χ4n) is 3.64. The third kappa shape index (κ3) is 4.49. The van der Waals surface area contributed by atoms with Gasteiger partial charge < -0.3 is 24.5 Å². The second kappa shape index (κ2) is 9.53. The molecule has 0 unspecified atom stereocenters. The first kappa shape index (κ1) is 22.7. The molecular weight excluding hydrogens is 438 g/mol. The summed E-state index contributed by atoms with van der Waals surface area (Å²) in [7, 11) is 3.04. The third-order valence-electron chi connectivity index (χ3n) is 5.21. The summed E-state index contributed by atoms with van der Waals surface area (Å²) in [6.07, 6.45) is 1.48. The van der Waals surface area contributed by atoms with E-state index in [1.54, 1.807) is 54.6 Å². The zero-order valence-corrected chi connectivity index (χ0v) is 18.9. The first-order valence-corrected chi connectivity index (χ1v) is 10.4. The summed E-state index contributed by atoms with van der Waals surface area (Å²) in [6, 6.07) is 15.2. The van der Waals surface area contributed by atoms with Crippen molar-refractivity contribution in [1.82, 2.24) is 4.90 Å². The van der Waals surface area contributed by atoms with Crippen LogP contribution in [0.5, 0.6) is 11.5 Å². The van der Waals surface area contributed by atoms with Crippen LogP contribution in [0.3, 0.4) is 0 Å². The Morgan fingerprint density at radius 2 is 1.65 bits per heavy atom. The predicted octanol–water partition coefficient (Wildman–Crippen LogP) is 3.65. The van der Waals surface area contributed by atoms with Crippen molar-refractivity contribution in [3.63, 3.8) is 0 Å². The third-order valence-corrected chi connectivity index (χ3v) is 5.21. The van der Waals surface area contributed by atoms with Gasteiger partial charge in [0.2, 0.25) is 5.91 Å². The van der Waals surface area contributed by atoms with Crippen LogP contribution >= 0.6 is 0 Å². The number of hydrogen-bond acceptors (Lipinski definition) is 7. The molecule has 9 nitrogen and oxygen atoms in total. The normalized spacial score (nSPS) is 13.3. The van der Waals surface area contributed by atoms with E-state index in [2.05, 4.69) is 10.6 Å². The summed E-state index contributed by atoms with van der Waals surface area (Å²) in [5, 5.41) is 5.77. The van der Waals surface area contributed by atoms with Gasteiger partial charge in [-0.25, -0.2) is 0 Å². The fourth-order valence-corrected chi connectivity index (χ4v) is 3.64. The van der Waals surface area contributed by atoms with Crippen LogP contribution in [-0.4, -0.2) is 36.8 Å². The Labute approximate surface area is 196 Å². The average Bonchev–Trinajstić information content (AvgIpc) is 3.42. The lowest BCUT2D eigenvalue weighted by Crippen LogP contribution is -2.31. The molecule has 2 aromatic carbocycles. The molecule has 34 heavy (non-hydrogen) atoms. The Bertz CT molecular complexity index is 1260. The number of hydrogen-bond donors (Lipinski definition) is 2. The molecule has 0 bridgehead atoms. The Balaban J connectivity index is 1.73. The highest BCUT2D eigenvalue weighted by atomic mass is 16.5. The van der Waals surface area contributed by atoms with Crippen LogP contribution in [0.4, 0.5) is 11.4 Å². The number of amides is 3. The molecule has 3 amide bonds. The van der Waals surface area contributed by atoms with Crippen LogP contribution in [0.15, 0.2) is 71.0 Å². The van der Waals surface area contributed by atoms with Crippen LogP contribution in [0.1, 0.15) is 18.2 Å². The van der Waals surface area contributed by atoms with Crippen LogP contribution in [0, 0.1) is 0 Å². The summed E-state index contributed by atoms with van der Waals surface area (Å²) < 4.78 is 16.0. The molecule has 0 saturated heterocycles. The van der Waals surface area contributed by atoms with Crippen molar-refractivity contribution >= 4 is 34.7 Å². The number of anilines is 2. The predicted molar refractivity (Wildman–Crippen MR) is 125 cm³/mol. The van der Waals surface area contributed by atoms with Gasteiger partial charge in [-0.3, -0.25) is 19.3 Å². The van der Waals surface area contributed by atoms with Crippen LogP contribution in [0.25, 0.3) is 5.57 Å². The van der Waals surface area contributed by atoms with Crippen molar-refractivity contribution in [2.45, 2.75) is 13.5 Å². The molecule has 1 aliphatic heterocycles. The molecule has 174 valence electrons. The summed E-state index contributed by atoms with van der Waals surface area (Å²) in [4.78, 5) is 39.2. The molecule has 0 fully saturated rings. The number of methoxy groups -OCH3 is 2. The second-order valence-corrected chi connectivity index (χ2v) is 7.48. The lowest BCUT2D eigenvalue weighted by atomic mass is 10.0. The molecule has 9 heteroatoms. The average molecular weight is 461 g/mol. The molecule has 4 rings (SSSR count). The van der Waals surface area contributed by atoms with Gasteiger partial charge in [-0.05, 0) is 42.0 Å². The second-order valence-electron chi connectivity index (χ2n) is 7.48. The summed E-state index contributed by atoms with van der Waals surface area (Å²) in [5.41, 5.74) is 1.98. The lowest BCUT2D eigenvalue weighted by Gasteiger charge is -2.14. The number of imide groups is 1. The number of benzene rings is 2. The Morgan fingerprint density at radius 1 is 0.941 bits per heavy atom. The number of rotatable bonds is 8. The quantitative estimate of drug-likeness (QED) is 0.493. The van der Waals surface area contributed by atoms with Gasteiger partial charge in [0, 0.05) is 24.4 Å². The van der Waals surface area contributed by atoms with Gasteiger partial charge >= 0.3 is 0 Å². The number of ether oxygens (including phenoxy) is 2. The zero-order chi connectivity index (χ0) is 24.2. The van der Waals surface area contributed by atoms with Gasteiger partial charge in [0.05, 0.1) is 32.6 Å². The van der Waals surface area contributed by atoms with Gasteiger partial charge in [0.15, 0.2) is 11.5 Å². The SMILES string of the molecule is COc1ccc(NC2=C(c3ccc(NC(C)=O)cc3)C(=O)N(Cc3ccco3)C2=O)cc1OC. The van der Waals surface area contributed by atoms with Crippen LogP contribution in [0.2, 0.25) is 0 Å². The Kier molecular flexibility index (Phi) is 6.35. The molecule has 2 N–H and O–H groups in total. The highest BCUT2D eigenvalue weighted by molar-refractivity contribution is 6.36. The van der Waals surface area contributed by atoms with Crippen molar-refractivity contribution in [3.8, 4) is 11.5 Å². The zero-order valence-electron chi connectivity index (χ0n) is 18.9. The molecule has 0 radical (unpaired) electrons. The molecule has 1 aromatic heterocycles. The van der Waals surface area contributed by atoms with Crippen molar-refractivity contribution < 1.29 is 28.3 Å². The highest BCUT2D eigenvalue weighted by Gasteiger charge is 2.39. The van der Waals surface area contributed by atoms with Gasteiger partial charge in [0.25, 0.3) is 11.8 Å². The van der Waals surface area contributed by atoms with E-state index in [0.717, 1.165) is 4.90 Å². The smallest absolute Gasteiger partial charge is 0.278 e. The first-order valence-electron chi connectivity index (χ1n) is 10.4. The van der Waals surface area contributed by atoms with Gasteiger partial charge in [-0.15, -0.1) is 0 Å². The first-order chi connectivity index (χ1) is 16.4. The minimum Gasteiger partial charge on any atom is -0.493 e. The van der Waals surface area contributed by atoms with E-state index in [0.29, 0.717) is 34.2 Å². The molecule has 1 aliphatic rings. The summed E-state index contributed by atoms with van der Waals surface area (Å²) in [5.74, 6) is 0.324. The van der Waals surface area contributed by atoms with Crippen molar-refractivity contribution in [2.75, 3.05) is 24.9 Å². The molecular formula is C25H23N3O6. The number of carbonyl (C=O) groups excluding carboxylic acids is 3. The molecule has 0 atom stereocenters. The fraction of sp³-hybridized carbons (Fsp3) is 0.160. The van der Waals surface area contributed by atoms with Crippen molar-refractivity contribution in [2.24, 2.45) is 0 Å². The molecule has 3 aromatic rings. The molecule has 0 spiro atoms. The Morgan fingerprint density at radius 3 is 2.26 bits per heavy atom. The van der Waals surface area contributed by atoms with Gasteiger partial charge in [-0.2, -0.15) is 0 Å². The number of nitrogens with one attached hydrogen (secondary N) is 2. The number of nitrogens with zero attached hydrogens (tertiary/aromatic N) is 1. The molecule has 0 aliphatic carbocycles. The lowest BCUT2D eigenvalue weighted by molar-refractivity contribution is -0.137. The van der Waals surface area contributed by atoms with E-state index in [1.165, 1.54) is 27.4 Å². The Hall–Kier alpha value is -4.53. The minimum atomic E-state index is -0.489. The maximum atomic E-state index is 13.4. The van der Waals surface area contributed by atoms with E-state index < -0.39 is 11.8 Å². The van der Waals surface area contributed by atoms with Crippen LogP contribution < -0.4 is 20.1 Å². The topological polar surface area (TPSA) is 110 Å². The maximum Gasteiger partial charge on any atom is 0.278 e. The molecule has 2 heterocycles. The molecule has 0 saturated carbocycles. The summed E-state index contributed by atoms with van der Waals surface area (Å²) in [6.45, 7) is 1.41. The van der Waals surface area contributed by atoms with E-state index in [-0.39, 0.29) is 23.7 Å². The summed E-state index contributed by atoms with van der Waals surface area (Å²) >= 11 is 0. The van der Waals surface area contributed by atoms with E-state index in [1.807, 2.05) is 0 Å².